The van der Waals surface area contributed by atoms with E-state index in [-0.39, 0.29) is 5.91 Å². The van der Waals surface area contributed by atoms with Crippen molar-refractivity contribution in [2.45, 2.75) is 56.4 Å². The molecule has 1 aliphatic heterocycles. The van der Waals surface area contributed by atoms with Crippen LogP contribution in [0.15, 0.2) is 0 Å². The average Bonchev–Trinajstić information content (AvgIpc) is 2.85. The molecular weight excluding hydrogens is 260 g/mol. The minimum Gasteiger partial charge on any atom is -0.381 e. The molecule has 0 spiro atoms. The molecule has 4 nitrogen and oxygen atoms in total. The van der Waals surface area contributed by atoms with E-state index in [4.69, 9.17) is 4.74 Å². The summed E-state index contributed by atoms with van der Waals surface area (Å²) in [6.45, 7) is 4.22. The van der Waals surface area contributed by atoms with Crippen LogP contribution in [-0.2, 0) is 9.53 Å². The van der Waals surface area contributed by atoms with Gasteiger partial charge in [-0.2, -0.15) is 11.8 Å². The van der Waals surface area contributed by atoms with E-state index in [1.807, 2.05) is 11.8 Å². The molecule has 2 aliphatic rings. The van der Waals surface area contributed by atoms with E-state index in [0.29, 0.717) is 23.9 Å². The molecule has 5 heteroatoms. The van der Waals surface area contributed by atoms with E-state index < -0.39 is 0 Å². The minimum atomic E-state index is 0.138. The molecule has 1 aliphatic carbocycles. The van der Waals surface area contributed by atoms with Crippen LogP contribution in [0.3, 0.4) is 0 Å². The van der Waals surface area contributed by atoms with Crippen LogP contribution >= 0.6 is 11.8 Å². The zero-order chi connectivity index (χ0) is 13.5. The Morgan fingerprint density at radius 2 is 2.05 bits per heavy atom. The van der Waals surface area contributed by atoms with Gasteiger partial charge in [0.1, 0.15) is 0 Å². The van der Waals surface area contributed by atoms with Gasteiger partial charge < -0.3 is 15.4 Å². The summed E-state index contributed by atoms with van der Waals surface area (Å²) in [6.07, 6.45) is 5.68. The second kappa shape index (κ2) is 8.12. The molecule has 2 fully saturated rings. The van der Waals surface area contributed by atoms with Gasteiger partial charge in [-0.15, -0.1) is 0 Å². The number of hydrogen-bond acceptors (Lipinski definition) is 4. The Kier molecular flexibility index (Phi) is 6.47. The number of carbonyl (C=O) groups is 1. The van der Waals surface area contributed by atoms with Gasteiger partial charge in [-0.1, -0.05) is 13.3 Å². The lowest BCUT2D eigenvalue weighted by molar-refractivity contribution is -0.121. The molecule has 1 saturated heterocycles. The zero-order valence-corrected chi connectivity index (χ0v) is 12.6. The van der Waals surface area contributed by atoms with Gasteiger partial charge in [0.2, 0.25) is 5.91 Å². The van der Waals surface area contributed by atoms with E-state index in [0.717, 1.165) is 31.8 Å². The third-order valence-electron chi connectivity index (χ3n) is 3.94. The van der Waals surface area contributed by atoms with Crippen LogP contribution in [0, 0.1) is 0 Å². The molecule has 2 atom stereocenters. The Hall–Kier alpha value is -0.260. The van der Waals surface area contributed by atoms with Crippen LogP contribution < -0.4 is 10.6 Å². The second-order valence-corrected chi connectivity index (χ2v) is 6.88. The van der Waals surface area contributed by atoms with Crippen LogP contribution in [0.5, 0.6) is 0 Å². The Labute approximate surface area is 120 Å². The van der Waals surface area contributed by atoms with Crippen molar-refractivity contribution in [1.29, 1.82) is 0 Å². The Morgan fingerprint density at radius 3 is 2.79 bits per heavy atom. The number of rotatable bonds is 6. The van der Waals surface area contributed by atoms with E-state index in [2.05, 4.69) is 17.6 Å². The minimum absolute atomic E-state index is 0.138. The van der Waals surface area contributed by atoms with E-state index in [9.17, 15) is 4.79 Å². The van der Waals surface area contributed by atoms with Gasteiger partial charge in [0.05, 0.1) is 6.54 Å². The monoisotopic (exact) mass is 286 g/mol. The Morgan fingerprint density at radius 1 is 1.26 bits per heavy atom. The summed E-state index contributed by atoms with van der Waals surface area (Å²) < 4.78 is 5.29. The number of amides is 1. The van der Waals surface area contributed by atoms with Gasteiger partial charge in [0.25, 0.3) is 0 Å². The summed E-state index contributed by atoms with van der Waals surface area (Å²) in [5.74, 6) is 1.30. The lowest BCUT2D eigenvalue weighted by Crippen LogP contribution is -2.46. The highest BCUT2D eigenvalue weighted by Crippen LogP contribution is 2.29. The van der Waals surface area contributed by atoms with Gasteiger partial charge in [0.15, 0.2) is 0 Å². The van der Waals surface area contributed by atoms with E-state index in [1.165, 1.54) is 19.3 Å². The van der Waals surface area contributed by atoms with Crippen LogP contribution in [0.4, 0.5) is 0 Å². The quantitative estimate of drug-likeness (QED) is 0.778. The van der Waals surface area contributed by atoms with Gasteiger partial charge in [-0.25, -0.2) is 0 Å². The molecule has 2 unspecified atom stereocenters. The number of thioether (sulfide) groups is 1. The standard InChI is InChI=1S/C14H26N2O2S/c1-2-19-13-5-3-4-12(13)15-10-14(17)16-11-6-8-18-9-7-11/h11-13,15H,2-10H2,1H3,(H,16,17). The Balaban J connectivity index is 1.65. The first-order valence-corrected chi connectivity index (χ1v) is 8.56. The molecule has 0 aromatic carbocycles. The molecule has 1 amide bonds. The van der Waals surface area contributed by atoms with Crippen molar-refractivity contribution in [3.05, 3.63) is 0 Å². The first-order chi connectivity index (χ1) is 9.29. The highest BCUT2D eigenvalue weighted by Gasteiger charge is 2.27. The third-order valence-corrected chi connectivity index (χ3v) is 5.27. The molecule has 0 bridgehead atoms. The largest absolute Gasteiger partial charge is 0.381 e. The molecule has 19 heavy (non-hydrogen) atoms. The van der Waals surface area contributed by atoms with E-state index in [1.54, 1.807) is 0 Å². The fourth-order valence-corrected chi connectivity index (χ4v) is 4.14. The maximum Gasteiger partial charge on any atom is 0.234 e. The third kappa shape index (κ3) is 4.97. The molecule has 0 radical (unpaired) electrons. The number of hydrogen-bond donors (Lipinski definition) is 2. The van der Waals surface area contributed by atoms with Crippen molar-refractivity contribution in [3.8, 4) is 0 Å². The number of ether oxygens (including phenoxy) is 1. The molecule has 110 valence electrons. The first kappa shape index (κ1) is 15.1. The lowest BCUT2D eigenvalue weighted by Gasteiger charge is -2.24. The maximum atomic E-state index is 11.9. The fraction of sp³-hybridized carbons (Fsp3) is 0.929. The SMILES string of the molecule is CCSC1CCCC1NCC(=O)NC1CCOCC1. The van der Waals surface area contributed by atoms with E-state index >= 15 is 0 Å². The highest BCUT2D eigenvalue weighted by molar-refractivity contribution is 7.99. The fourth-order valence-electron chi connectivity index (χ4n) is 2.92. The molecule has 2 N–H and O–H groups in total. The van der Waals surface area contributed by atoms with Crippen molar-refractivity contribution in [3.63, 3.8) is 0 Å². The van der Waals surface area contributed by atoms with Gasteiger partial charge in [-0.05, 0) is 31.4 Å². The number of carbonyl (C=O) groups excluding carboxylic acids is 1. The summed E-state index contributed by atoms with van der Waals surface area (Å²) in [5, 5.41) is 7.24. The lowest BCUT2D eigenvalue weighted by atomic mass is 10.1. The van der Waals surface area contributed by atoms with Gasteiger partial charge in [-0.3, -0.25) is 4.79 Å². The van der Waals surface area contributed by atoms with Crippen molar-refractivity contribution >= 4 is 17.7 Å². The number of nitrogens with one attached hydrogen (secondary N) is 2. The summed E-state index contributed by atoms with van der Waals surface area (Å²) in [5.41, 5.74) is 0. The predicted molar refractivity (Wildman–Crippen MR) is 79.5 cm³/mol. The second-order valence-electron chi connectivity index (χ2n) is 5.37. The van der Waals surface area contributed by atoms with Crippen molar-refractivity contribution in [2.24, 2.45) is 0 Å². The maximum absolute atomic E-state index is 11.9. The summed E-state index contributed by atoms with van der Waals surface area (Å²) in [7, 11) is 0. The normalized spacial score (nSPS) is 28.5. The molecule has 1 saturated carbocycles. The smallest absolute Gasteiger partial charge is 0.234 e. The summed E-state index contributed by atoms with van der Waals surface area (Å²) >= 11 is 2.02. The van der Waals surface area contributed by atoms with Crippen LogP contribution in [0.25, 0.3) is 0 Å². The average molecular weight is 286 g/mol. The summed E-state index contributed by atoms with van der Waals surface area (Å²) in [6, 6.07) is 0.831. The zero-order valence-electron chi connectivity index (χ0n) is 11.8. The van der Waals surface area contributed by atoms with Crippen LogP contribution in [0.2, 0.25) is 0 Å². The summed E-state index contributed by atoms with van der Waals surface area (Å²) in [4.78, 5) is 11.9. The topological polar surface area (TPSA) is 50.4 Å². The van der Waals surface area contributed by atoms with Gasteiger partial charge >= 0.3 is 0 Å². The van der Waals surface area contributed by atoms with Crippen molar-refractivity contribution in [1.82, 2.24) is 10.6 Å². The van der Waals surface area contributed by atoms with Crippen LogP contribution in [0.1, 0.15) is 39.0 Å². The molecule has 1 heterocycles. The van der Waals surface area contributed by atoms with Crippen molar-refractivity contribution < 1.29 is 9.53 Å². The van der Waals surface area contributed by atoms with Gasteiger partial charge in [0, 0.05) is 30.5 Å². The molecule has 2 rings (SSSR count). The molecular formula is C14H26N2O2S. The molecule has 0 aromatic rings. The highest BCUT2D eigenvalue weighted by atomic mass is 32.2. The predicted octanol–water partition coefficient (Wildman–Crippen LogP) is 1.55. The first-order valence-electron chi connectivity index (χ1n) is 7.51. The van der Waals surface area contributed by atoms with Crippen molar-refractivity contribution in [2.75, 3.05) is 25.5 Å². The molecule has 0 aromatic heterocycles. The van der Waals surface area contributed by atoms with Crippen LogP contribution in [-0.4, -0.2) is 48.8 Å². The Bertz CT molecular complexity index is 283.